The fourth-order valence-corrected chi connectivity index (χ4v) is 4.43. The van der Waals surface area contributed by atoms with Crippen molar-refractivity contribution in [2.24, 2.45) is 5.92 Å². The Balaban J connectivity index is 0.00000256. The second-order valence-electron chi connectivity index (χ2n) is 8.89. The van der Waals surface area contributed by atoms with Gasteiger partial charge in [-0.2, -0.15) is 0 Å². The van der Waals surface area contributed by atoms with Gasteiger partial charge in [0.1, 0.15) is 6.61 Å². The number of amides is 1. The molecule has 2 unspecified atom stereocenters. The molecule has 0 bridgehead atoms. The first kappa shape index (κ1) is 19.8. The lowest BCUT2D eigenvalue weighted by Gasteiger charge is -2.32. The highest BCUT2D eigenvalue weighted by molar-refractivity contribution is 5.95. The predicted molar refractivity (Wildman–Crippen MR) is 114 cm³/mol. The fraction of sp³-hybridized carbons (Fsp3) is 0.458. The van der Waals surface area contributed by atoms with Gasteiger partial charge < -0.3 is 19.5 Å². The molecular weight excluding hydrogens is 366 g/mol. The smallest absolute Gasteiger partial charge is 0.254 e. The highest BCUT2D eigenvalue weighted by atomic mass is 16.5. The van der Waals surface area contributed by atoms with E-state index < -0.39 is 5.60 Å². The van der Waals surface area contributed by atoms with Crippen LogP contribution in [0, 0.1) is 5.92 Å². The molecule has 2 aliphatic rings. The fourth-order valence-electron chi connectivity index (χ4n) is 4.43. The number of likely N-dealkylation sites (tertiary alicyclic amines) is 1. The Morgan fingerprint density at radius 1 is 1.24 bits per heavy atom. The Labute approximate surface area is 173 Å². The van der Waals surface area contributed by atoms with Crippen LogP contribution in [0.5, 0.6) is 11.5 Å². The molecule has 2 aromatic rings. The first-order chi connectivity index (χ1) is 13.8. The molecule has 5 nitrogen and oxygen atoms in total. The summed E-state index contributed by atoms with van der Waals surface area (Å²) in [5.74, 6) is 1.60. The van der Waals surface area contributed by atoms with Gasteiger partial charge in [0.25, 0.3) is 5.91 Å². The minimum Gasteiger partial charge on any atom is -0.493 e. The van der Waals surface area contributed by atoms with Crippen molar-refractivity contribution < 1.29 is 20.8 Å². The molecule has 1 amide bonds. The zero-order valence-corrected chi connectivity index (χ0v) is 17.4. The lowest BCUT2D eigenvalue weighted by atomic mass is 9.87. The van der Waals surface area contributed by atoms with Crippen LogP contribution in [0.1, 0.15) is 44.0 Å². The lowest BCUT2D eigenvalue weighted by molar-refractivity contribution is 0.0276. The maximum absolute atomic E-state index is 13.1. The van der Waals surface area contributed by atoms with Crippen LogP contribution in [0.4, 0.5) is 0 Å². The second-order valence-corrected chi connectivity index (χ2v) is 8.89. The van der Waals surface area contributed by atoms with Gasteiger partial charge in [0.2, 0.25) is 0 Å². The summed E-state index contributed by atoms with van der Waals surface area (Å²) >= 11 is 0. The van der Waals surface area contributed by atoms with Crippen LogP contribution in [0.2, 0.25) is 0 Å². The third-order valence-corrected chi connectivity index (χ3v) is 6.13. The van der Waals surface area contributed by atoms with E-state index in [4.69, 9.17) is 9.47 Å². The molecule has 0 aromatic heterocycles. The SMILES string of the molecule is COc1cc(C(=O)N2CCC3(c4ccccc4)CC3C2)ccc1OCC(C)(C)O.[HH]. The van der Waals surface area contributed by atoms with Crippen molar-refractivity contribution in [2.75, 3.05) is 26.8 Å². The molecule has 29 heavy (non-hydrogen) atoms. The zero-order chi connectivity index (χ0) is 20.6. The molecule has 4 rings (SSSR count). The maximum atomic E-state index is 13.1. The Kier molecular flexibility index (Phi) is 5.03. The summed E-state index contributed by atoms with van der Waals surface area (Å²) in [6, 6.07) is 15.9. The number of benzene rings is 2. The molecular formula is C24H31NO4. The highest BCUT2D eigenvalue weighted by Crippen LogP contribution is 2.59. The summed E-state index contributed by atoms with van der Waals surface area (Å²) < 4.78 is 11.1. The summed E-state index contributed by atoms with van der Waals surface area (Å²) in [7, 11) is 1.56. The Hall–Kier alpha value is -2.53. The minimum atomic E-state index is -0.942. The van der Waals surface area contributed by atoms with Gasteiger partial charge in [0, 0.05) is 25.5 Å². The minimum absolute atomic E-state index is 0. The molecule has 2 aromatic carbocycles. The van der Waals surface area contributed by atoms with Crippen molar-refractivity contribution in [2.45, 2.75) is 37.7 Å². The number of fused-ring (bicyclic) bond motifs is 1. The van der Waals surface area contributed by atoms with Crippen molar-refractivity contribution in [3.8, 4) is 11.5 Å². The highest BCUT2D eigenvalue weighted by Gasteiger charge is 2.57. The lowest BCUT2D eigenvalue weighted by Crippen LogP contribution is -2.40. The largest absolute Gasteiger partial charge is 0.493 e. The molecule has 2 atom stereocenters. The molecule has 1 saturated heterocycles. The van der Waals surface area contributed by atoms with Gasteiger partial charge in [-0.3, -0.25) is 4.79 Å². The van der Waals surface area contributed by atoms with Crippen LogP contribution >= 0.6 is 0 Å². The third kappa shape index (κ3) is 3.97. The van der Waals surface area contributed by atoms with E-state index in [0.717, 1.165) is 25.9 Å². The van der Waals surface area contributed by atoms with Crippen LogP contribution in [-0.2, 0) is 5.41 Å². The number of piperidine rings is 1. The quantitative estimate of drug-likeness (QED) is 0.803. The number of carbonyl (C=O) groups is 1. The van der Waals surface area contributed by atoms with Crippen LogP contribution in [0.3, 0.4) is 0 Å². The number of nitrogens with zero attached hydrogens (tertiary/aromatic N) is 1. The first-order valence-corrected chi connectivity index (χ1v) is 10.2. The van der Waals surface area contributed by atoms with E-state index in [0.29, 0.717) is 23.0 Å². The van der Waals surface area contributed by atoms with Crippen molar-refractivity contribution >= 4 is 5.91 Å². The molecule has 2 fully saturated rings. The van der Waals surface area contributed by atoms with Gasteiger partial charge in [-0.15, -0.1) is 0 Å². The van der Waals surface area contributed by atoms with E-state index in [1.807, 2.05) is 4.90 Å². The van der Waals surface area contributed by atoms with E-state index in [1.165, 1.54) is 5.56 Å². The monoisotopic (exact) mass is 397 g/mol. The Bertz CT molecular complexity index is 896. The van der Waals surface area contributed by atoms with Gasteiger partial charge >= 0.3 is 0 Å². The number of rotatable bonds is 6. The van der Waals surface area contributed by atoms with Crippen LogP contribution < -0.4 is 9.47 Å². The number of methoxy groups -OCH3 is 1. The molecule has 1 N–H and O–H groups in total. The zero-order valence-electron chi connectivity index (χ0n) is 17.4. The van der Waals surface area contributed by atoms with Crippen molar-refractivity contribution in [1.29, 1.82) is 0 Å². The van der Waals surface area contributed by atoms with Crippen molar-refractivity contribution in [3.05, 3.63) is 59.7 Å². The topological polar surface area (TPSA) is 59.0 Å². The van der Waals surface area contributed by atoms with E-state index in [9.17, 15) is 9.90 Å². The molecule has 0 spiro atoms. The molecule has 1 heterocycles. The standard InChI is InChI=1S/C24H29NO4.H2/c1-23(2,27)16-29-20-10-9-17(13-21(20)28-3)22(26)25-12-11-24(14-19(24)15-25)18-7-5-4-6-8-18;/h4-10,13,19,27H,11-12,14-16H2,1-3H3;1H. The number of carbonyl (C=O) groups excluding carboxylic acids is 1. The average Bonchev–Trinajstić information content (AvgIpc) is 3.46. The van der Waals surface area contributed by atoms with E-state index in [2.05, 4.69) is 30.3 Å². The molecule has 0 radical (unpaired) electrons. The Morgan fingerprint density at radius 2 is 2.00 bits per heavy atom. The van der Waals surface area contributed by atoms with E-state index in [1.54, 1.807) is 39.2 Å². The molecule has 1 aliphatic carbocycles. The summed E-state index contributed by atoms with van der Waals surface area (Å²) in [6.07, 6.45) is 2.17. The van der Waals surface area contributed by atoms with Gasteiger partial charge in [-0.05, 0) is 56.4 Å². The predicted octanol–water partition coefficient (Wildman–Crippen LogP) is 3.89. The summed E-state index contributed by atoms with van der Waals surface area (Å²) in [5.41, 5.74) is 1.34. The van der Waals surface area contributed by atoms with Gasteiger partial charge in [0.05, 0.1) is 12.7 Å². The van der Waals surface area contributed by atoms with Gasteiger partial charge in [-0.1, -0.05) is 30.3 Å². The number of ether oxygens (including phenoxy) is 2. The average molecular weight is 398 g/mol. The van der Waals surface area contributed by atoms with Crippen LogP contribution in [0.25, 0.3) is 0 Å². The molecule has 156 valence electrons. The van der Waals surface area contributed by atoms with Crippen molar-refractivity contribution in [1.82, 2.24) is 4.90 Å². The van der Waals surface area contributed by atoms with Crippen molar-refractivity contribution in [3.63, 3.8) is 0 Å². The Morgan fingerprint density at radius 3 is 2.66 bits per heavy atom. The molecule has 5 heteroatoms. The summed E-state index contributed by atoms with van der Waals surface area (Å²) in [5, 5.41) is 9.86. The van der Waals surface area contributed by atoms with Crippen LogP contribution in [-0.4, -0.2) is 48.3 Å². The van der Waals surface area contributed by atoms with E-state index in [-0.39, 0.29) is 19.4 Å². The van der Waals surface area contributed by atoms with Gasteiger partial charge in [-0.25, -0.2) is 0 Å². The van der Waals surface area contributed by atoms with Crippen LogP contribution in [0.15, 0.2) is 48.5 Å². The third-order valence-electron chi connectivity index (χ3n) is 6.13. The van der Waals surface area contributed by atoms with E-state index >= 15 is 0 Å². The summed E-state index contributed by atoms with van der Waals surface area (Å²) in [4.78, 5) is 15.1. The molecule has 1 saturated carbocycles. The molecule has 1 aliphatic heterocycles. The second kappa shape index (κ2) is 7.38. The number of hydrogen-bond donors (Lipinski definition) is 1. The maximum Gasteiger partial charge on any atom is 0.254 e. The normalized spacial score (nSPS) is 23.3. The summed E-state index contributed by atoms with van der Waals surface area (Å²) in [6.45, 7) is 5.07. The number of hydrogen-bond acceptors (Lipinski definition) is 4. The number of aliphatic hydroxyl groups is 1. The van der Waals surface area contributed by atoms with Gasteiger partial charge in [0.15, 0.2) is 11.5 Å². The first-order valence-electron chi connectivity index (χ1n) is 10.2.